The molecule has 4 rings (SSSR count). The molecule has 1 saturated heterocycles. The molecule has 1 atom stereocenters. The van der Waals surface area contributed by atoms with E-state index in [1.54, 1.807) is 4.90 Å². The molecule has 0 spiro atoms. The molecular weight excluding hydrogens is 333 g/mol. The molecule has 0 aliphatic carbocycles. The minimum atomic E-state index is -0.527. The van der Waals surface area contributed by atoms with Crippen LogP contribution in [0.3, 0.4) is 0 Å². The van der Waals surface area contributed by atoms with Crippen molar-refractivity contribution in [1.82, 2.24) is 9.88 Å². The molecule has 2 N–H and O–H groups in total. The lowest BCUT2D eigenvalue weighted by molar-refractivity contribution is -0.133. The number of nitrogens with one attached hydrogen (secondary N) is 2. The molecule has 0 bridgehead atoms. The second kappa shape index (κ2) is 6.63. The summed E-state index contributed by atoms with van der Waals surface area (Å²) in [6.45, 7) is 0.379. The fraction of sp³-hybridized carbons (Fsp3) is 0.200. The summed E-state index contributed by atoms with van der Waals surface area (Å²) in [4.78, 5) is 29.8. The van der Waals surface area contributed by atoms with Gasteiger partial charge in [0.1, 0.15) is 11.9 Å². The Morgan fingerprint density at radius 3 is 2.77 bits per heavy atom. The van der Waals surface area contributed by atoms with Crippen molar-refractivity contribution in [2.24, 2.45) is 0 Å². The third kappa shape index (κ3) is 3.06. The van der Waals surface area contributed by atoms with E-state index in [4.69, 9.17) is 0 Å². The number of carbonyl (C=O) groups excluding carboxylic acids is 2. The highest BCUT2D eigenvalue weighted by Gasteiger charge is 2.36. The number of likely N-dealkylation sites (tertiary alicyclic amines) is 1. The molecule has 3 aromatic rings. The SMILES string of the molecule is O=C(Nc1ccc(F)cc1)C1CCC(=O)N1Cc1c[nH]c2ccccc12. The molecule has 1 unspecified atom stereocenters. The van der Waals surface area contributed by atoms with Crippen molar-refractivity contribution in [2.45, 2.75) is 25.4 Å². The molecule has 0 radical (unpaired) electrons. The normalized spacial score (nSPS) is 17.0. The number of aromatic amines is 1. The molecule has 26 heavy (non-hydrogen) atoms. The number of halogens is 1. The summed E-state index contributed by atoms with van der Waals surface area (Å²) in [6.07, 6.45) is 2.71. The van der Waals surface area contributed by atoms with E-state index in [1.807, 2.05) is 30.5 Å². The van der Waals surface area contributed by atoms with Crippen molar-refractivity contribution in [3.63, 3.8) is 0 Å². The van der Waals surface area contributed by atoms with Crippen LogP contribution in [0.1, 0.15) is 18.4 Å². The number of carbonyl (C=O) groups is 2. The number of hydrogen-bond donors (Lipinski definition) is 2. The monoisotopic (exact) mass is 351 g/mol. The smallest absolute Gasteiger partial charge is 0.247 e. The highest BCUT2D eigenvalue weighted by molar-refractivity contribution is 5.99. The Morgan fingerprint density at radius 1 is 1.19 bits per heavy atom. The van der Waals surface area contributed by atoms with Crippen LogP contribution in [0.15, 0.2) is 54.7 Å². The molecule has 2 heterocycles. The molecule has 132 valence electrons. The zero-order valence-electron chi connectivity index (χ0n) is 14.0. The van der Waals surface area contributed by atoms with Crippen molar-refractivity contribution >= 4 is 28.4 Å². The Morgan fingerprint density at radius 2 is 1.96 bits per heavy atom. The van der Waals surface area contributed by atoms with Crippen LogP contribution < -0.4 is 5.32 Å². The number of hydrogen-bond acceptors (Lipinski definition) is 2. The van der Waals surface area contributed by atoms with Crippen molar-refractivity contribution in [2.75, 3.05) is 5.32 Å². The van der Waals surface area contributed by atoms with Crippen molar-refractivity contribution in [1.29, 1.82) is 0 Å². The topological polar surface area (TPSA) is 65.2 Å². The molecule has 5 nitrogen and oxygen atoms in total. The van der Waals surface area contributed by atoms with Crippen LogP contribution in [0.4, 0.5) is 10.1 Å². The van der Waals surface area contributed by atoms with Gasteiger partial charge in [-0.15, -0.1) is 0 Å². The molecular formula is C20H18FN3O2. The Balaban J connectivity index is 1.53. The number of rotatable bonds is 4. The number of nitrogens with zero attached hydrogens (tertiary/aromatic N) is 1. The average Bonchev–Trinajstić information content (AvgIpc) is 3.22. The lowest BCUT2D eigenvalue weighted by atomic mass is 10.1. The second-order valence-electron chi connectivity index (χ2n) is 6.43. The summed E-state index contributed by atoms with van der Waals surface area (Å²) < 4.78 is 13.0. The van der Waals surface area contributed by atoms with Gasteiger partial charge in [-0.05, 0) is 42.3 Å². The van der Waals surface area contributed by atoms with E-state index in [1.165, 1.54) is 24.3 Å². The number of para-hydroxylation sites is 1. The number of benzene rings is 2. The van der Waals surface area contributed by atoms with Gasteiger partial charge in [0.15, 0.2) is 0 Å². The molecule has 6 heteroatoms. The summed E-state index contributed by atoms with van der Waals surface area (Å²) >= 11 is 0. The maximum absolute atomic E-state index is 13.0. The van der Waals surface area contributed by atoms with Gasteiger partial charge >= 0.3 is 0 Å². The third-order valence-electron chi connectivity index (χ3n) is 4.76. The van der Waals surface area contributed by atoms with Gasteiger partial charge in [0.05, 0.1) is 0 Å². The van der Waals surface area contributed by atoms with Gasteiger partial charge in [0.25, 0.3) is 0 Å². The first-order valence-electron chi connectivity index (χ1n) is 8.53. The van der Waals surface area contributed by atoms with Crippen LogP contribution >= 0.6 is 0 Å². The van der Waals surface area contributed by atoms with Gasteiger partial charge in [-0.2, -0.15) is 0 Å². The summed E-state index contributed by atoms with van der Waals surface area (Å²) in [5.41, 5.74) is 2.50. The molecule has 2 aromatic carbocycles. The Labute approximate surface area is 149 Å². The maximum Gasteiger partial charge on any atom is 0.247 e. The average molecular weight is 351 g/mol. The Kier molecular flexibility index (Phi) is 4.16. The summed E-state index contributed by atoms with van der Waals surface area (Å²) in [7, 11) is 0. The molecule has 1 aliphatic rings. The third-order valence-corrected chi connectivity index (χ3v) is 4.76. The molecule has 1 fully saturated rings. The van der Waals surface area contributed by atoms with Crippen LogP contribution in [0.5, 0.6) is 0 Å². The second-order valence-corrected chi connectivity index (χ2v) is 6.43. The zero-order chi connectivity index (χ0) is 18.1. The lowest BCUT2D eigenvalue weighted by Crippen LogP contribution is -2.41. The van der Waals surface area contributed by atoms with Crippen molar-refractivity contribution in [3.8, 4) is 0 Å². The fourth-order valence-electron chi connectivity index (χ4n) is 3.41. The van der Waals surface area contributed by atoms with E-state index in [2.05, 4.69) is 10.3 Å². The molecule has 1 aromatic heterocycles. The largest absolute Gasteiger partial charge is 0.361 e. The molecule has 0 saturated carbocycles. The van der Waals surface area contributed by atoms with E-state index in [-0.39, 0.29) is 17.6 Å². The van der Waals surface area contributed by atoms with E-state index in [0.29, 0.717) is 25.1 Å². The van der Waals surface area contributed by atoms with Gasteiger partial charge in [-0.3, -0.25) is 9.59 Å². The lowest BCUT2D eigenvalue weighted by Gasteiger charge is -2.24. The number of amides is 2. The van der Waals surface area contributed by atoms with Crippen molar-refractivity contribution in [3.05, 3.63) is 66.1 Å². The predicted octanol–water partition coefficient (Wildman–Crippen LogP) is 3.44. The van der Waals surface area contributed by atoms with Crippen LogP contribution in [0.2, 0.25) is 0 Å². The standard InChI is InChI=1S/C20H18FN3O2/c21-14-5-7-15(8-6-14)23-20(26)18-9-10-19(25)24(18)12-13-11-22-17-4-2-1-3-16(13)17/h1-8,11,18,22H,9-10,12H2,(H,23,26). The first-order chi connectivity index (χ1) is 12.6. The maximum atomic E-state index is 13.0. The number of aromatic nitrogens is 1. The highest BCUT2D eigenvalue weighted by Crippen LogP contribution is 2.26. The summed E-state index contributed by atoms with van der Waals surface area (Å²) in [5, 5.41) is 3.82. The summed E-state index contributed by atoms with van der Waals surface area (Å²) in [6, 6.07) is 12.9. The van der Waals surface area contributed by atoms with Crippen LogP contribution in [0.25, 0.3) is 10.9 Å². The van der Waals surface area contributed by atoms with E-state index < -0.39 is 6.04 Å². The first kappa shape index (κ1) is 16.3. The van der Waals surface area contributed by atoms with E-state index >= 15 is 0 Å². The van der Waals surface area contributed by atoms with Crippen molar-refractivity contribution < 1.29 is 14.0 Å². The van der Waals surface area contributed by atoms with E-state index in [9.17, 15) is 14.0 Å². The van der Waals surface area contributed by atoms with Gasteiger partial charge in [-0.1, -0.05) is 18.2 Å². The number of fused-ring (bicyclic) bond motifs is 1. The Hall–Kier alpha value is -3.15. The molecule has 1 aliphatic heterocycles. The van der Waals surface area contributed by atoms with Gasteiger partial charge in [0, 0.05) is 35.8 Å². The zero-order valence-corrected chi connectivity index (χ0v) is 14.0. The van der Waals surface area contributed by atoms with Gasteiger partial charge < -0.3 is 15.2 Å². The van der Waals surface area contributed by atoms with Crippen LogP contribution in [0, 0.1) is 5.82 Å². The highest BCUT2D eigenvalue weighted by atomic mass is 19.1. The quantitative estimate of drug-likeness (QED) is 0.756. The van der Waals surface area contributed by atoms with E-state index in [0.717, 1.165) is 16.5 Å². The summed E-state index contributed by atoms with van der Waals surface area (Å²) in [5.74, 6) is -0.642. The van der Waals surface area contributed by atoms with Crippen LogP contribution in [-0.4, -0.2) is 27.7 Å². The fourth-order valence-corrected chi connectivity index (χ4v) is 3.41. The Bertz CT molecular complexity index is 965. The minimum absolute atomic E-state index is 0.0328. The van der Waals surface area contributed by atoms with Gasteiger partial charge in [-0.25, -0.2) is 4.39 Å². The minimum Gasteiger partial charge on any atom is -0.361 e. The first-order valence-corrected chi connectivity index (χ1v) is 8.53. The van der Waals surface area contributed by atoms with Crippen LogP contribution in [-0.2, 0) is 16.1 Å². The molecule has 2 amide bonds. The number of anilines is 1. The predicted molar refractivity (Wildman–Crippen MR) is 96.9 cm³/mol. The number of H-pyrrole nitrogens is 1. The van der Waals surface area contributed by atoms with Gasteiger partial charge in [0.2, 0.25) is 11.8 Å².